The van der Waals surface area contributed by atoms with Crippen molar-refractivity contribution in [2.75, 3.05) is 12.8 Å². The van der Waals surface area contributed by atoms with Crippen LogP contribution in [0.2, 0.25) is 0 Å². The van der Waals surface area contributed by atoms with Gasteiger partial charge in [-0.15, -0.1) is 0 Å². The molecule has 84 valence electrons. The van der Waals surface area contributed by atoms with E-state index in [1.807, 2.05) is 0 Å². The number of thioether (sulfide) groups is 1. The van der Waals surface area contributed by atoms with Crippen LogP contribution in [0.4, 0.5) is 0 Å². The third-order valence-corrected chi connectivity index (χ3v) is 4.36. The smallest absolute Gasteiger partial charge is 0.00678 e. The average molecular weight is 215 g/mol. The van der Waals surface area contributed by atoms with Gasteiger partial charge < -0.3 is 5.32 Å². The van der Waals surface area contributed by atoms with Gasteiger partial charge in [-0.25, -0.2) is 0 Å². The molecule has 0 unspecified atom stereocenters. The van der Waals surface area contributed by atoms with E-state index in [1.54, 1.807) is 0 Å². The fourth-order valence-electron chi connectivity index (χ4n) is 2.18. The molecule has 0 saturated heterocycles. The molecule has 1 nitrogen and oxygen atoms in total. The molecule has 0 aliphatic heterocycles. The number of hydrogen-bond acceptors (Lipinski definition) is 2. The van der Waals surface area contributed by atoms with Crippen molar-refractivity contribution in [2.45, 2.75) is 63.2 Å². The van der Waals surface area contributed by atoms with Gasteiger partial charge in [0.15, 0.2) is 0 Å². The van der Waals surface area contributed by atoms with E-state index in [1.165, 1.54) is 51.5 Å². The van der Waals surface area contributed by atoms with Gasteiger partial charge in [0.2, 0.25) is 0 Å². The summed E-state index contributed by atoms with van der Waals surface area (Å²) >= 11 is 2.05. The molecule has 1 aliphatic carbocycles. The quantitative estimate of drug-likeness (QED) is 0.681. The van der Waals surface area contributed by atoms with Crippen LogP contribution in [0.15, 0.2) is 0 Å². The number of hydrogen-bond donors (Lipinski definition) is 1. The fraction of sp³-hybridized carbons (Fsp3) is 1.00. The van der Waals surface area contributed by atoms with Crippen molar-refractivity contribution in [3.05, 3.63) is 0 Å². The summed E-state index contributed by atoms with van der Waals surface area (Å²) in [5.74, 6) is 0. The van der Waals surface area contributed by atoms with E-state index in [9.17, 15) is 0 Å². The average Bonchev–Trinajstić information content (AvgIpc) is 2.25. The zero-order valence-electron chi connectivity index (χ0n) is 9.72. The van der Waals surface area contributed by atoms with E-state index in [4.69, 9.17) is 0 Å². The van der Waals surface area contributed by atoms with Crippen LogP contribution in [0.25, 0.3) is 0 Å². The lowest BCUT2D eigenvalue weighted by Crippen LogP contribution is -2.34. The summed E-state index contributed by atoms with van der Waals surface area (Å²) in [4.78, 5) is 0. The molecule has 1 saturated carbocycles. The van der Waals surface area contributed by atoms with Crippen LogP contribution in [-0.4, -0.2) is 24.1 Å². The molecule has 0 spiro atoms. The lowest BCUT2D eigenvalue weighted by atomic mass is 9.95. The van der Waals surface area contributed by atoms with Crippen LogP contribution in [0.3, 0.4) is 0 Å². The topological polar surface area (TPSA) is 12.0 Å². The summed E-state index contributed by atoms with van der Waals surface area (Å²) in [5.41, 5.74) is 0. The highest BCUT2D eigenvalue weighted by Gasteiger charge is 2.19. The van der Waals surface area contributed by atoms with Crippen molar-refractivity contribution >= 4 is 11.8 Å². The van der Waals surface area contributed by atoms with Crippen LogP contribution in [0, 0.1) is 0 Å². The van der Waals surface area contributed by atoms with Gasteiger partial charge in [-0.2, -0.15) is 11.8 Å². The zero-order chi connectivity index (χ0) is 10.2. The Morgan fingerprint density at radius 1 is 1.14 bits per heavy atom. The van der Waals surface area contributed by atoms with Crippen molar-refractivity contribution < 1.29 is 0 Å². The number of rotatable bonds is 6. The van der Waals surface area contributed by atoms with Crippen molar-refractivity contribution in [1.29, 1.82) is 0 Å². The summed E-state index contributed by atoms with van der Waals surface area (Å²) in [6.45, 7) is 3.51. The number of nitrogens with one attached hydrogen (secondary N) is 1. The predicted molar refractivity (Wildman–Crippen MR) is 67.1 cm³/mol. The maximum Gasteiger partial charge on any atom is 0.00678 e. The van der Waals surface area contributed by atoms with E-state index < -0.39 is 0 Å². The Bertz CT molecular complexity index is 130. The molecule has 0 aromatic carbocycles. The predicted octanol–water partition coefficient (Wildman–Crippen LogP) is 3.44. The molecule has 0 aromatic rings. The largest absolute Gasteiger partial charge is 0.314 e. The summed E-state index contributed by atoms with van der Waals surface area (Å²) in [6, 6.07) is 0.829. The van der Waals surface area contributed by atoms with Gasteiger partial charge in [-0.1, -0.05) is 19.8 Å². The van der Waals surface area contributed by atoms with Crippen molar-refractivity contribution in [3.63, 3.8) is 0 Å². The SMILES string of the molecule is CCCCCNC1CCC(SC)CC1. The van der Waals surface area contributed by atoms with E-state index >= 15 is 0 Å². The van der Waals surface area contributed by atoms with Gasteiger partial charge in [0, 0.05) is 11.3 Å². The van der Waals surface area contributed by atoms with Gasteiger partial charge >= 0.3 is 0 Å². The van der Waals surface area contributed by atoms with Crippen LogP contribution < -0.4 is 5.32 Å². The molecule has 1 rings (SSSR count). The molecular formula is C12H25NS. The van der Waals surface area contributed by atoms with E-state index in [2.05, 4.69) is 30.3 Å². The zero-order valence-corrected chi connectivity index (χ0v) is 10.5. The second-order valence-electron chi connectivity index (χ2n) is 4.37. The summed E-state index contributed by atoms with van der Waals surface area (Å²) < 4.78 is 0. The molecule has 0 heterocycles. The summed E-state index contributed by atoms with van der Waals surface area (Å²) in [7, 11) is 0. The van der Waals surface area contributed by atoms with Gasteiger partial charge in [0.25, 0.3) is 0 Å². The molecule has 0 amide bonds. The highest BCUT2D eigenvalue weighted by Crippen LogP contribution is 2.26. The fourth-order valence-corrected chi connectivity index (χ4v) is 2.93. The maximum atomic E-state index is 3.69. The first-order chi connectivity index (χ1) is 6.86. The highest BCUT2D eigenvalue weighted by atomic mass is 32.2. The molecule has 0 bridgehead atoms. The maximum absolute atomic E-state index is 3.69. The molecule has 1 fully saturated rings. The van der Waals surface area contributed by atoms with Crippen LogP contribution >= 0.6 is 11.8 Å². The Hall–Kier alpha value is 0.310. The standard InChI is InChI=1S/C12H25NS/c1-3-4-5-10-13-11-6-8-12(14-2)9-7-11/h11-13H,3-10H2,1-2H3. The van der Waals surface area contributed by atoms with Crippen LogP contribution in [0.5, 0.6) is 0 Å². The van der Waals surface area contributed by atoms with Crippen molar-refractivity contribution in [1.82, 2.24) is 5.32 Å². The Labute approximate surface area is 93.4 Å². The second-order valence-corrected chi connectivity index (χ2v) is 5.51. The Morgan fingerprint density at radius 2 is 1.86 bits per heavy atom. The molecule has 1 N–H and O–H groups in total. The normalized spacial score (nSPS) is 27.9. The van der Waals surface area contributed by atoms with Crippen LogP contribution in [-0.2, 0) is 0 Å². The van der Waals surface area contributed by atoms with Gasteiger partial charge in [-0.3, -0.25) is 0 Å². The summed E-state index contributed by atoms with van der Waals surface area (Å²) in [6.07, 6.45) is 12.0. The lowest BCUT2D eigenvalue weighted by molar-refractivity contribution is 0.377. The van der Waals surface area contributed by atoms with E-state index in [-0.39, 0.29) is 0 Å². The van der Waals surface area contributed by atoms with Crippen LogP contribution in [0.1, 0.15) is 51.9 Å². The molecular weight excluding hydrogens is 190 g/mol. The minimum absolute atomic E-state index is 0.829. The third-order valence-electron chi connectivity index (χ3n) is 3.22. The third kappa shape index (κ3) is 4.70. The first-order valence-electron chi connectivity index (χ1n) is 6.13. The van der Waals surface area contributed by atoms with Gasteiger partial charge in [-0.05, 0) is 44.9 Å². The molecule has 0 aromatic heterocycles. The molecule has 0 atom stereocenters. The van der Waals surface area contributed by atoms with Gasteiger partial charge in [0.05, 0.1) is 0 Å². The molecule has 2 heteroatoms. The Balaban J connectivity index is 1.98. The molecule has 1 aliphatic rings. The van der Waals surface area contributed by atoms with Gasteiger partial charge in [0.1, 0.15) is 0 Å². The van der Waals surface area contributed by atoms with E-state index in [0.29, 0.717) is 0 Å². The molecule has 14 heavy (non-hydrogen) atoms. The Morgan fingerprint density at radius 3 is 2.43 bits per heavy atom. The number of unbranched alkanes of at least 4 members (excludes halogenated alkanes) is 2. The first-order valence-corrected chi connectivity index (χ1v) is 7.41. The monoisotopic (exact) mass is 215 g/mol. The van der Waals surface area contributed by atoms with Crippen molar-refractivity contribution in [3.8, 4) is 0 Å². The second kappa shape index (κ2) is 7.58. The summed E-state index contributed by atoms with van der Waals surface area (Å²) in [5, 5.41) is 4.64. The Kier molecular flexibility index (Phi) is 6.70. The van der Waals surface area contributed by atoms with E-state index in [0.717, 1.165) is 11.3 Å². The minimum Gasteiger partial charge on any atom is -0.314 e. The molecule has 0 radical (unpaired) electrons. The lowest BCUT2D eigenvalue weighted by Gasteiger charge is -2.28. The minimum atomic E-state index is 0.829. The first kappa shape index (κ1) is 12.4. The van der Waals surface area contributed by atoms with Crippen molar-refractivity contribution in [2.24, 2.45) is 0 Å². The highest BCUT2D eigenvalue weighted by molar-refractivity contribution is 7.99.